The zero-order chi connectivity index (χ0) is 14.9. The zero-order valence-electron chi connectivity index (χ0n) is 10.6. The molecular weight excluding hydrogens is 289 g/mol. The van der Waals surface area contributed by atoms with E-state index in [1.807, 2.05) is 0 Å². The van der Waals surface area contributed by atoms with Crippen molar-refractivity contribution in [2.75, 3.05) is 13.6 Å². The van der Waals surface area contributed by atoms with Crippen molar-refractivity contribution >= 4 is 17.7 Å². The Morgan fingerprint density at radius 1 is 1.45 bits per heavy atom. The Balaban J connectivity index is 2.27. The lowest BCUT2D eigenvalue weighted by Crippen LogP contribution is -2.23. The summed E-state index contributed by atoms with van der Waals surface area (Å²) < 4.78 is 38.5. The minimum atomic E-state index is -4.57. The third-order valence-corrected chi connectivity index (χ3v) is 4.32. The van der Waals surface area contributed by atoms with Crippen LogP contribution in [0, 0.1) is 11.3 Å². The summed E-state index contributed by atoms with van der Waals surface area (Å²) in [5.41, 5.74) is -1.36. The fourth-order valence-corrected chi connectivity index (χ4v) is 3.16. The second-order valence-electron chi connectivity index (χ2n) is 4.47. The average Bonchev–Trinajstić information content (AvgIpc) is 2.70. The number of alkyl halides is 3. The molecule has 106 valence electrons. The largest absolute Gasteiger partial charge is 0.417 e. The number of nitrogens with zero attached hydrogens (tertiary/aromatic N) is 2. The summed E-state index contributed by atoms with van der Waals surface area (Å²) in [5, 5.41) is 8.36. The van der Waals surface area contributed by atoms with Crippen molar-refractivity contribution in [1.82, 2.24) is 4.90 Å². The Labute approximate surface area is 118 Å². The number of thioether (sulfide) groups is 1. The summed E-state index contributed by atoms with van der Waals surface area (Å²) in [7, 11) is 1.67. The zero-order valence-corrected chi connectivity index (χ0v) is 11.4. The standard InChI is InChI=1S/C13H11F3N2OS/c1-18-5-4-11(12(18)19)20-9-3-2-8(7-17)10(6-9)13(14,15)16/h2-3,6,11H,4-5H2,1H3/t11-/m0/s1. The van der Waals surface area contributed by atoms with Gasteiger partial charge < -0.3 is 4.90 Å². The van der Waals surface area contributed by atoms with Gasteiger partial charge in [-0.15, -0.1) is 11.8 Å². The number of benzene rings is 1. The molecule has 0 N–H and O–H groups in total. The molecule has 1 atom stereocenters. The number of carbonyl (C=O) groups is 1. The van der Waals surface area contributed by atoms with Crippen molar-refractivity contribution in [1.29, 1.82) is 5.26 Å². The monoisotopic (exact) mass is 300 g/mol. The first-order valence-electron chi connectivity index (χ1n) is 5.86. The Bertz CT molecular complexity index is 580. The predicted molar refractivity (Wildman–Crippen MR) is 68.1 cm³/mol. The molecule has 20 heavy (non-hydrogen) atoms. The van der Waals surface area contributed by atoms with E-state index in [0.29, 0.717) is 17.9 Å². The molecule has 1 amide bonds. The van der Waals surface area contributed by atoms with Gasteiger partial charge in [0.05, 0.1) is 22.4 Å². The number of carbonyl (C=O) groups excluding carboxylic acids is 1. The van der Waals surface area contributed by atoms with Gasteiger partial charge in [0, 0.05) is 18.5 Å². The van der Waals surface area contributed by atoms with E-state index < -0.39 is 17.3 Å². The highest BCUT2D eigenvalue weighted by Crippen LogP contribution is 2.37. The van der Waals surface area contributed by atoms with Crippen LogP contribution in [-0.2, 0) is 11.0 Å². The van der Waals surface area contributed by atoms with Crippen molar-refractivity contribution in [3.8, 4) is 6.07 Å². The van der Waals surface area contributed by atoms with Crippen molar-refractivity contribution in [3.63, 3.8) is 0 Å². The third-order valence-electron chi connectivity index (χ3n) is 3.07. The Morgan fingerprint density at radius 3 is 2.65 bits per heavy atom. The summed E-state index contributed by atoms with van der Waals surface area (Å²) in [6.45, 7) is 0.610. The van der Waals surface area contributed by atoms with E-state index in [9.17, 15) is 18.0 Å². The van der Waals surface area contributed by atoms with Crippen LogP contribution >= 0.6 is 11.8 Å². The fraction of sp³-hybridized carbons (Fsp3) is 0.385. The molecule has 1 aliphatic rings. The molecule has 1 aromatic carbocycles. The van der Waals surface area contributed by atoms with Gasteiger partial charge in [-0.1, -0.05) is 0 Å². The number of hydrogen-bond acceptors (Lipinski definition) is 3. The molecule has 2 rings (SSSR count). The van der Waals surface area contributed by atoms with Crippen LogP contribution in [0.3, 0.4) is 0 Å². The van der Waals surface area contributed by atoms with Gasteiger partial charge in [-0.05, 0) is 24.6 Å². The molecule has 1 saturated heterocycles. The molecule has 0 aliphatic carbocycles. The minimum Gasteiger partial charge on any atom is -0.345 e. The predicted octanol–water partition coefficient (Wildman–Crippen LogP) is 2.90. The topological polar surface area (TPSA) is 44.1 Å². The number of amides is 1. The van der Waals surface area contributed by atoms with Gasteiger partial charge in [0.1, 0.15) is 0 Å². The highest BCUT2D eigenvalue weighted by molar-refractivity contribution is 8.00. The van der Waals surface area contributed by atoms with Gasteiger partial charge in [-0.25, -0.2) is 0 Å². The SMILES string of the molecule is CN1CC[C@H](Sc2ccc(C#N)c(C(F)(F)F)c2)C1=O. The Kier molecular flexibility index (Phi) is 3.95. The summed E-state index contributed by atoms with van der Waals surface area (Å²) >= 11 is 1.11. The van der Waals surface area contributed by atoms with Gasteiger partial charge in [0.25, 0.3) is 0 Å². The number of hydrogen-bond donors (Lipinski definition) is 0. The second kappa shape index (κ2) is 5.37. The van der Waals surface area contributed by atoms with Crippen LogP contribution in [-0.4, -0.2) is 29.6 Å². The quantitative estimate of drug-likeness (QED) is 0.843. The van der Waals surface area contributed by atoms with E-state index >= 15 is 0 Å². The fourth-order valence-electron chi connectivity index (χ4n) is 1.99. The van der Waals surface area contributed by atoms with E-state index in [-0.39, 0.29) is 11.2 Å². The number of halogens is 3. The summed E-state index contributed by atoms with van der Waals surface area (Å²) in [4.78, 5) is 13.7. The number of rotatable bonds is 2. The number of likely N-dealkylation sites (tertiary alicyclic amines) is 1. The van der Waals surface area contributed by atoms with Crippen LogP contribution in [0.5, 0.6) is 0 Å². The van der Waals surface area contributed by atoms with Crippen LogP contribution in [0.4, 0.5) is 13.2 Å². The number of nitriles is 1. The second-order valence-corrected chi connectivity index (χ2v) is 5.75. The Morgan fingerprint density at radius 2 is 2.15 bits per heavy atom. The summed E-state index contributed by atoms with van der Waals surface area (Å²) in [6.07, 6.45) is -3.96. The maximum absolute atomic E-state index is 12.8. The van der Waals surface area contributed by atoms with Gasteiger partial charge in [-0.2, -0.15) is 18.4 Å². The van der Waals surface area contributed by atoms with E-state index in [4.69, 9.17) is 5.26 Å². The summed E-state index contributed by atoms with van der Waals surface area (Å²) in [6, 6.07) is 5.07. The third kappa shape index (κ3) is 2.90. The molecule has 7 heteroatoms. The molecule has 1 aromatic rings. The van der Waals surface area contributed by atoms with Gasteiger partial charge in [0.2, 0.25) is 5.91 Å². The highest BCUT2D eigenvalue weighted by Gasteiger charge is 2.35. The molecule has 1 fully saturated rings. The molecular formula is C13H11F3N2OS. The molecule has 0 unspecified atom stereocenters. The lowest BCUT2D eigenvalue weighted by atomic mass is 10.1. The van der Waals surface area contributed by atoms with E-state index in [1.54, 1.807) is 11.9 Å². The first-order valence-corrected chi connectivity index (χ1v) is 6.74. The van der Waals surface area contributed by atoms with Crippen molar-refractivity contribution in [2.24, 2.45) is 0 Å². The molecule has 0 radical (unpaired) electrons. The van der Waals surface area contributed by atoms with Crippen molar-refractivity contribution in [2.45, 2.75) is 22.7 Å². The molecule has 0 spiro atoms. The van der Waals surface area contributed by atoms with Gasteiger partial charge in [-0.3, -0.25) is 4.79 Å². The normalized spacial score (nSPS) is 19.2. The van der Waals surface area contributed by atoms with E-state index in [0.717, 1.165) is 23.9 Å². The molecule has 1 aliphatic heterocycles. The van der Waals surface area contributed by atoms with Crippen LogP contribution in [0.25, 0.3) is 0 Å². The van der Waals surface area contributed by atoms with E-state index in [2.05, 4.69) is 0 Å². The average molecular weight is 300 g/mol. The molecule has 1 heterocycles. The van der Waals surface area contributed by atoms with Crippen LogP contribution in [0.15, 0.2) is 23.1 Å². The molecule has 0 aromatic heterocycles. The van der Waals surface area contributed by atoms with Crippen molar-refractivity contribution in [3.05, 3.63) is 29.3 Å². The van der Waals surface area contributed by atoms with Crippen LogP contribution < -0.4 is 0 Å². The molecule has 3 nitrogen and oxygen atoms in total. The maximum atomic E-state index is 12.8. The lowest BCUT2D eigenvalue weighted by Gasteiger charge is -2.13. The summed E-state index contributed by atoms with van der Waals surface area (Å²) in [5.74, 6) is -0.0760. The first-order chi connectivity index (χ1) is 9.32. The van der Waals surface area contributed by atoms with Crippen molar-refractivity contribution < 1.29 is 18.0 Å². The van der Waals surface area contributed by atoms with Gasteiger partial charge in [0.15, 0.2) is 0 Å². The van der Waals surface area contributed by atoms with Crippen LogP contribution in [0.2, 0.25) is 0 Å². The minimum absolute atomic E-state index is 0.0760. The molecule has 0 bridgehead atoms. The van der Waals surface area contributed by atoms with E-state index in [1.165, 1.54) is 12.1 Å². The van der Waals surface area contributed by atoms with Gasteiger partial charge >= 0.3 is 6.18 Å². The maximum Gasteiger partial charge on any atom is 0.417 e. The Hall–Kier alpha value is -1.68. The smallest absolute Gasteiger partial charge is 0.345 e. The van der Waals surface area contributed by atoms with Crippen LogP contribution in [0.1, 0.15) is 17.5 Å². The molecule has 0 saturated carbocycles. The highest BCUT2D eigenvalue weighted by atomic mass is 32.2. The first kappa shape index (κ1) is 14.7. The lowest BCUT2D eigenvalue weighted by molar-refractivity contribution is -0.138.